The van der Waals surface area contributed by atoms with Gasteiger partial charge in [0.25, 0.3) is 0 Å². The summed E-state index contributed by atoms with van der Waals surface area (Å²) in [4.78, 5) is 1.52. The fourth-order valence-electron chi connectivity index (χ4n) is 1.98. The molecule has 0 bridgehead atoms. The van der Waals surface area contributed by atoms with E-state index < -0.39 is 10.0 Å². The summed E-state index contributed by atoms with van der Waals surface area (Å²) in [5, 5.41) is 4.80. The summed E-state index contributed by atoms with van der Waals surface area (Å²) in [6.07, 6.45) is 2.88. The van der Waals surface area contributed by atoms with E-state index in [0.717, 1.165) is 30.7 Å². The van der Waals surface area contributed by atoms with Crippen LogP contribution in [0, 0.1) is 0 Å². The maximum Gasteiger partial charge on any atom is 0.244 e. The van der Waals surface area contributed by atoms with Crippen LogP contribution in [0.4, 0.5) is 0 Å². The first-order chi connectivity index (χ1) is 8.59. The smallest absolute Gasteiger partial charge is 0.244 e. The third-order valence-corrected chi connectivity index (χ3v) is 6.00. The first kappa shape index (κ1) is 14.0. The zero-order valence-electron chi connectivity index (χ0n) is 10.8. The van der Waals surface area contributed by atoms with Crippen molar-refractivity contribution in [1.82, 2.24) is 9.62 Å². The molecule has 1 aromatic heterocycles. The molecular formula is C12H20N2O2S2. The molecule has 0 spiro atoms. The van der Waals surface area contributed by atoms with Gasteiger partial charge < -0.3 is 5.32 Å². The maximum atomic E-state index is 12.5. The van der Waals surface area contributed by atoms with Crippen molar-refractivity contribution in [1.29, 1.82) is 0 Å². The van der Waals surface area contributed by atoms with Crippen molar-refractivity contribution < 1.29 is 8.42 Å². The van der Waals surface area contributed by atoms with E-state index >= 15 is 0 Å². The minimum absolute atomic E-state index is 0.239. The Balaban J connectivity index is 2.21. The minimum atomic E-state index is -3.28. The molecule has 1 N–H and O–H groups in total. The summed E-state index contributed by atoms with van der Waals surface area (Å²) in [6.45, 7) is 3.37. The Labute approximate surface area is 113 Å². The lowest BCUT2D eigenvalue weighted by molar-refractivity contribution is 0.403. The average Bonchev–Trinajstić information content (AvgIpc) is 3.05. The van der Waals surface area contributed by atoms with Crippen LogP contribution in [-0.4, -0.2) is 32.4 Å². The van der Waals surface area contributed by atoms with Gasteiger partial charge >= 0.3 is 0 Å². The quantitative estimate of drug-likeness (QED) is 0.835. The van der Waals surface area contributed by atoms with Gasteiger partial charge in [-0.15, -0.1) is 11.3 Å². The molecule has 1 aliphatic carbocycles. The Morgan fingerprint density at radius 1 is 1.50 bits per heavy atom. The van der Waals surface area contributed by atoms with Gasteiger partial charge in [-0.2, -0.15) is 4.31 Å². The summed E-state index contributed by atoms with van der Waals surface area (Å²) in [6, 6.07) is 2.03. The van der Waals surface area contributed by atoms with Crippen LogP contribution in [0.1, 0.15) is 31.1 Å². The molecule has 0 unspecified atom stereocenters. The van der Waals surface area contributed by atoms with Crippen LogP contribution in [-0.2, 0) is 16.6 Å². The number of nitrogens with zero attached hydrogens (tertiary/aromatic N) is 1. The molecule has 0 atom stereocenters. The predicted octanol–water partition coefficient (Wildman–Crippen LogP) is 2.03. The summed E-state index contributed by atoms with van der Waals surface area (Å²) in [5.41, 5.74) is 0. The molecule has 1 fully saturated rings. The van der Waals surface area contributed by atoms with E-state index in [1.165, 1.54) is 11.3 Å². The van der Waals surface area contributed by atoms with E-state index in [0.29, 0.717) is 11.4 Å². The second-order valence-electron chi connectivity index (χ2n) is 4.63. The van der Waals surface area contributed by atoms with E-state index in [9.17, 15) is 8.42 Å². The topological polar surface area (TPSA) is 49.4 Å². The SMILES string of the molecule is CCCN(C1CC1)S(=O)(=O)c1csc(CNC)c1. The van der Waals surface area contributed by atoms with Crippen molar-refractivity contribution in [3.05, 3.63) is 16.3 Å². The van der Waals surface area contributed by atoms with Gasteiger partial charge in [-0.3, -0.25) is 0 Å². The largest absolute Gasteiger partial charge is 0.315 e. The Hall–Kier alpha value is -0.430. The van der Waals surface area contributed by atoms with E-state index in [-0.39, 0.29) is 6.04 Å². The predicted molar refractivity (Wildman–Crippen MR) is 74.3 cm³/mol. The zero-order valence-corrected chi connectivity index (χ0v) is 12.5. The van der Waals surface area contributed by atoms with Gasteiger partial charge in [-0.25, -0.2) is 8.42 Å². The van der Waals surface area contributed by atoms with Gasteiger partial charge in [0.05, 0.1) is 4.90 Å². The second kappa shape index (κ2) is 5.69. The fourth-order valence-corrected chi connectivity index (χ4v) is 5.03. The molecular weight excluding hydrogens is 268 g/mol. The molecule has 0 amide bonds. The summed E-state index contributed by atoms with van der Waals surface area (Å²) in [5.74, 6) is 0. The molecule has 0 aromatic carbocycles. The van der Waals surface area contributed by atoms with E-state index in [1.54, 1.807) is 15.8 Å². The molecule has 102 valence electrons. The van der Waals surface area contributed by atoms with Crippen LogP contribution >= 0.6 is 11.3 Å². The molecule has 18 heavy (non-hydrogen) atoms. The van der Waals surface area contributed by atoms with Crippen molar-refractivity contribution in [2.24, 2.45) is 0 Å². The summed E-state index contributed by atoms with van der Waals surface area (Å²) < 4.78 is 26.7. The first-order valence-electron chi connectivity index (χ1n) is 6.33. The molecule has 1 aliphatic rings. The number of thiophene rings is 1. The molecule has 0 radical (unpaired) electrons. The highest BCUT2D eigenvalue weighted by Gasteiger charge is 2.37. The number of nitrogens with one attached hydrogen (secondary N) is 1. The van der Waals surface area contributed by atoms with Crippen molar-refractivity contribution in [3.8, 4) is 0 Å². The van der Waals surface area contributed by atoms with Crippen molar-refractivity contribution >= 4 is 21.4 Å². The Morgan fingerprint density at radius 2 is 2.22 bits per heavy atom. The monoisotopic (exact) mass is 288 g/mol. The summed E-state index contributed by atoms with van der Waals surface area (Å²) in [7, 11) is -1.42. The van der Waals surface area contributed by atoms with E-state index in [4.69, 9.17) is 0 Å². The number of sulfonamides is 1. The van der Waals surface area contributed by atoms with Crippen LogP contribution in [0.2, 0.25) is 0 Å². The van der Waals surface area contributed by atoms with Crippen LogP contribution < -0.4 is 5.32 Å². The van der Waals surface area contributed by atoms with E-state index in [2.05, 4.69) is 5.32 Å². The average molecular weight is 288 g/mol. The van der Waals surface area contributed by atoms with Gasteiger partial charge in [-0.1, -0.05) is 6.92 Å². The van der Waals surface area contributed by atoms with Crippen LogP contribution in [0.5, 0.6) is 0 Å². The Morgan fingerprint density at radius 3 is 2.78 bits per heavy atom. The second-order valence-corrected chi connectivity index (χ2v) is 7.51. The standard InChI is InChI=1S/C12H20N2O2S2/c1-3-6-14(10-4-5-10)18(15,16)12-7-11(8-13-2)17-9-12/h7,9-10,13H,3-6,8H2,1-2H3. The van der Waals surface area contributed by atoms with Gasteiger partial charge in [0.2, 0.25) is 10.0 Å². The highest BCUT2D eigenvalue weighted by molar-refractivity contribution is 7.89. The molecule has 0 aliphatic heterocycles. The highest BCUT2D eigenvalue weighted by Crippen LogP contribution is 2.33. The first-order valence-corrected chi connectivity index (χ1v) is 8.65. The fraction of sp³-hybridized carbons (Fsp3) is 0.667. The highest BCUT2D eigenvalue weighted by atomic mass is 32.2. The van der Waals surface area contributed by atoms with Gasteiger partial charge in [0.15, 0.2) is 0 Å². The van der Waals surface area contributed by atoms with Gasteiger partial charge in [0.1, 0.15) is 0 Å². The lowest BCUT2D eigenvalue weighted by Gasteiger charge is -2.20. The molecule has 1 saturated carbocycles. The molecule has 1 heterocycles. The normalized spacial score (nSPS) is 16.4. The Bertz CT molecular complexity index is 492. The summed E-state index contributed by atoms with van der Waals surface area (Å²) >= 11 is 1.50. The van der Waals surface area contributed by atoms with Gasteiger partial charge in [0, 0.05) is 29.4 Å². The maximum absolute atomic E-state index is 12.5. The van der Waals surface area contributed by atoms with Crippen molar-refractivity contribution in [2.75, 3.05) is 13.6 Å². The molecule has 4 nitrogen and oxygen atoms in total. The van der Waals surface area contributed by atoms with Crippen LogP contribution in [0.25, 0.3) is 0 Å². The lowest BCUT2D eigenvalue weighted by atomic mass is 10.5. The minimum Gasteiger partial charge on any atom is -0.315 e. The van der Waals surface area contributed by atoms with E-state index in [1.807, 2.05) is 14.0 Å². The molecule has 2 rings (SSSR count). The van der Waals surface area contributed by atoms with Crippen molar-refractivity contribution in [3.63, 3.8) is 0 Å². The molecule has 0 saturated heterocycles. The van der Waals surface area contributed by atoms with Gasteiger partial charge in [-0.05, 0) is 32.4 Å². The van der Waals surface area contributed by atoms with Crippen LogP contribution in [0.3, 0.4) is 0 Å². The Kier molecular flexibility index (Phi) is 4.42. The zero-order chi connectivity index (χ0) is 13.2. The van der Waals surface area contributed by atoms with Crippen LogP contribution in [0.15, 0.2) is 16.3 Å². The third kappa shape index (κ3) is 2.93. The lowest BCUT2D eigenvalue weighted by Crippen LogP contribution is -2.33. The van der Waals surface area contributed by atoms with Crippen molar-refractivity contribution in [2.45, 2.75) is 43.7 Å². The molecule has 1 aromatic rings. The molecule has 6 heteroatoms. The number of rotatable bonds is 7. The number of hydrogen-bond acceptors (Lipinski definition) is 4. The number of hydrogen-bond donors (Lipinski definition) is 1. The third-order valence-electron chi connectivity index (χ3n) is 2.99.